The molecule has 0 heterocycles. The Balaban J connectivity index is 0.00000121. The van der Waals surface area contributed by atoms with Crippen LogP contribution in [0.2, 0.25) is 0 Å². The van der Waals surface area contributed by atoms with Gasteiger partial charge in [-0.1, -0.05) is 0 Å². The fourth-order valence-electron chi connectivity index (χ4n) is 0.656. The lowest BCUT2D eigenvalue weighted by Crippen LogP contribution is -1.94. The average molecular weight is 191 g/mol. The first-order valence-corrected chi connectivity index (χ1v) is 2.86. The molecule has 5 heteroatoms. The summed E-state index contributed by atoms with van der Waals surface area (Å²) in [7, 11) is 0. The monoisotopic (exact) mass is 190 g/mol. The Bertz CT molecular complexity index is 297. The molecule has 0 unspecified atom stereocenters. The van der Waals surface area contributed by atoms with Gasteiger partial charge in [-0.15, -0.1) is 12.4 Å². The summed E-state index contributed by atoms with van der Waals surface area (Å²) in [5.41, 5.74) is -0.0553. The summed E-state index contributed by atoms with van der Waals surface area (Å²) < 4.78 is 0. The highest BCUT2D eigenvalue weighted by Gasteiger charge is 2.05. The minimum atomic E-state index is -1.14. The molecule has 66 valence electrons. The number of aromatic carboxylic acids is 1. The van der Waals surface area contributed by atoms with E-state index in [1.807, 2.05) is 0 Å². The maximum Gasteiger partial charge on any atom is 0.335 e. The molecule has 0 atom stereocenters. The highest BCUT2D eigenvalue weighted by atomic mass is 35.5. The zero-order valence-corrected chi connectivity index (χ0v) is 6.71. The third-order valence-corrected chi connectivity index (χ3v) is 1.22. The minimum absolute atomic E-state index is 0. The van der Waals surface area contributed by atoms with E-state index in [1.165, 1.54) is 6.07 Å². The average Bonchev–Trinajstić information content (AvgIpc) is 1.94. The predicted molar refractivity (Wildman–Crippen MR) is 44.0 cm³/mol. The van der Waals surface area contributed by atoms with Gasteiger partial charge in [-0.2, -0.15) is 0 Å². The molecule has 0 aromatic heterocycles. The van der Waals surface area contributed by atoms with E-state index in [4.69, 9.17) is 15.3 Å². The zero-order chi connectivity index (χ0) is 8.43. The van der Waals surface area contributed by atoms with E-state index in [-0.39, 0.29) is 23.7 Å². The van der Waals surface area contributed by atoms with Gasteiger partial charge in [0.15, 0.2) is 11.5 Å². The number of benzene rings is 1. The van der Waals surface area contributed by atoms with Crippen LogP contribution < -0.4 is 0 Å². The van der Waals surface area contributed by atoms with Crippen LogP contribution in [-0.4, -0.2) is 21.3 Å². The minimum Gasteiger partial charge on any atom is -0.504 e. The van der Waals surface area contributed by atoms with Crippen molar-refractivity contribution in [3.05, 3.63) is 23.8 Å². The topological polar surface area (TPSA) is 77.8 Å². The Kier molecular flexibility index (Phi) is 3.37. The van der Waals surface area contributed by atoms with Crippen LogP contribution in [0.1, 0.15) is 10.4 Å². The number of carbonyl (C=O) groups is 1. The van der Waals surface area contributed by atoms with Gasteiger partial charge >= 0.3 is 5.97 Å². The summed E-state index contributed by atoms with van der Waals surface area (Å²) in [6.45, 7) is 0. The molecule has 0 amide bonds. The molecular formula is C7H7ClO4. The highest BCUT2D eigenvalue weighted by Crippen LogP contribution is 2.24. The molecule has 4 nitrogen and oxygen atoms in total. The molecule has 3 N–H and O–H groups in total. The van der Waals surface area contributed by atoms with Gasteiger partial charge in [-0.25, -0.2) is 4.79 Å². The van der Waals surface area contributed by atoms with Gasteiger partial charge in [-0.05, 0) is 18.2 Å². The molecule has 0 spiro atoms. The Labute approximate surface area is 74.5 Å². The predicted octanol–water partition coefficient (Wildman–Crippen LogP) is 1.22. The number of carboxylic acids is 1. The van der Waals surface area contributed by atoms with Crippen molar-refractivity contribution in [2.75, 3.05) is 0 Å². The first-order chi connectivity index (χ1) is 5.11. The van der Waals surface area contributed by atoms with E-state index < -0.39 is 11.7 Å². The molecular weight excluding hydrogens is 184 g/mol. The number of aromatic hydroxyl groups is 2. The van der Waals surface area contributed by atoms with Crippen LogP contribution in [0.4, 0.5) is 0 Å². The normalized spacial score (nSPS) is 8.67. The Hall–Kier alpha value is -1.42. The van der Waals surface area contributed by atoms with E-state index in [2.05, 4.69) is 0 Å². The lowest BCUT2D eigenvalue weighted by atomic mass is 10.2. The second-order valence-electron chi connectivity index (χ2n) is 2.01. The molecule has 0 saturated carbocycles. The first-order valence-electron chi connectivity index (χ1n) is 2.86. The molecule has 1 aromatic rings. The van der Waals surface area contributed by atoms with Crippen LogP contribution in [0.15, 0.2) is 18.2 Å². The fourth-order valence-corrected chi connectivity index (χ4v) is 0.656. The maximum atomic E-state index is 10.3. The van der Waals surface area contributed by atoms with E-state index >= 15 is 0 Å². The number of rotatable bonds is 1. The number of halogens is 1. The molecule has 0 radical (unpaired) electrons. The quantitative estimate of drug-likeness (QED) is 0.582. The van der Waals surface area contributed by atoms with Crippen molar-refractivity contribution >= 4 is 18.4 Å². The largest absolute Gasteiger partial charge is 0.504 e. The summed E-state index contributed by atoms with van der Waals surface area (Å²) >= 11 is 0. The molecule has 0 aliphatic heterocycles. The Morgan fingerprint density at radius 2 is 1.75 bits per heavy atom. The SMILES string of the molecule is Cl.O=C(O)c1ccc(O)c(O)c1. The van der Waals surface area contributed by atoms with Gasteiger partial charge in [0.1, 0.15) is 0 Å². The van der Waals surface area contributed by atoms with Gasteiger partial charge in [-0.3, -0.25) is 0 Å². The summed E-state index contributed by atoms with van der Waals surface area (Å²) in [4.78, 5) is 10.3. The Morgan fingerprint density at radius 1 is 1.17 bits per heavy atom. The van der Waals surface area contributed by atoms with Crippen molar-refractivity contribution in [3.63, 3.8) is 0 Å². The fraction of sp³-hybridized carbons (Fsp3) is 0. The summed E-state index contributed by atoms with van der Waals surface area (Å²) in [5.74, 6) is -1.89. The third kappa shape index (κ3) is 2.03. The number of hydrogen-bond donors (Lipinski definition) is 3. The molecule has 0 fully saturated rings. The highest BCUT2D eigenvalue weighted by molar-refractivity contribution is 5.88. The number of hydrogen-bond acceptors (Lipinski definition) is 3. The van der Waals surface area contributed by atoms with Crippen molar-refractivity contribution in [1.82, 2.24) is 0 Å². The summed E-state index contributed by atoms with van der Waals surface area (Å²) in [6, 6.07) is 3.31. The second kappa shape index (κ2) is 3.82. The van der Waals surface area contributed by atoms with Crippen LogP contribution in [-0.2, 0) is 0 Å². The van der Waals surface area contributed by atoms with Crippen LogP contribution in [0.25, 0.3) is 0 Å². The molecule has 1 rings (SSSR count). The standard InChI is InChI=1S/C7H6O4.ClH/c8-5-2-1-4(7(10)11)3-6(5)9;/h1-3,8-9H,(H,10,11);1H. The van der Waals surface area contributed by atoms with E-state index in [1.54, 1.807) is 0 Å². The molecule has 12 heavy (non-hydrogen) atoms. The number of phenols is 2. The first kappa shape index (κ1) is 10.6. The summed E-state index contributed by atoms with van der Waals surface area (Å²) in [6.07, 6.45) is 0. The van der Waals surface area contributed by atoms with Crippen molar-refractivity contribution in [3.8, 4) is 11.5 Å². The van der Waals surface area contributed by atoms with E-state index in [0.717, 1.165) is 12.1 Å². The van der Waals surface area contributed by atoms with Crippen LogP contribution in [0.3, 0.4) is 0 Å². The second-order valence-corrected chi connectivity index (χ2v) is 2.01. The smallest absolute Gasteiger partial charge is 0.335 e. The number of phenolic OH excluding ortho intramolecular Hbond substituents is 2. The van der Waals surface area contributed by atoms with Gasteiger partial charge in [0.2, 0.25) is 0 Å². The van der Waals surface area contributed by atoms with Gasteiger partial charge in [0.05, 0.1) is 5.56 Å². The van der Waals surface area contributed by atoms with E-state index in [9.17, 15) is 4.79 Å². The van der Waals surface area contributed by atoms with Crippen LogP contribution in [0.5, 0.6) is 11.5 Å². The zero-order valence-electron chi connectivity index (χ0n) is 5.89. The lowest BCUT2D eigenvalue weighted by molar-refractivity contribution is 0.0696. The van der Waals surface area contributed by atoms with Crippen LogP contribution in [0, 0.1) is 0 Å². The molecule has 0 saturated heterocycles. The summed E-state index contributed by atoms with van der Waals surface area (Å²) in [5, 5.41) is 26.0. The molecule has 1 aromatic carbocycles. The van der Waals surface area contributed by atoms with Crippen molar-refractivity contribution < 1.29 is 20.1 Å². The van der Waals surface area contributed by atoms with Crippen molar-refractivity contribution in [1.29, 1.82) is 0 Å². The third-order valence-electron chi connectivity index (χ3n) is 1.22. The lowest BCUT2D eigenvalue weighted by Gasteiger charge is -1.97. The molecule has 0 aliphatic carbocycles. The van der Waals surface area contributed by atoms with Gasteiger partial charge in [0, 0.05) is 0 Å². The maximum absolute atomic E-state index is 10.3. The Morgan fingerprint density at radius 3 is 2.17 bits per heavy atom. The number of carboxylic acid groups (broad SMARTS) is 1. The van der Waals surface area contributed by atoms with Crippen LogP contribution >= 0.6 is 12.4 Å². The van der Waals surface area contributed by atoms with Crippen molar-refractivity contribution in [2.45, 2.75) is 0 Å². The van der Waals surface area contributed by atoms with E-state index in [0.29, 0.717) is 0 Å². The molecule has 0 bridgehead atoms. The van der Waals surface area contributed by atoms with Gasteiger partial charge < -0.3 is 15.3 Å². The molecule has 0 aliphatic rings. The van der Waals surface area contributed by atoms with Crippen molar-refractivity contribution in [2.24, 2.45) is 0 Å². The van der Waals surface area contributed by atoms with Gasteiger partial charge in [0.25, 0.3) is 0 Å².